The second-order valence-electron chi connectivity index (χ2n) is 7.37. The first-order valence-electron chi connectivity index (χ1n) is 9.30. The summed E-state index contributed by atoms with van der Waals surface area (Å²) in [7, 11) is 0. The molecule has 1 aromatic heterocycles. The van der Waals surface area contributed by atoms with Gasteiger partial charge in [-0.05, 0) is 50.7 Å². The Kier molecular flexibility index (Phi) is 5.68. The molecule has 6 nitrogen and oxygen atoms in total. The van der Waals surface area contributed by atoms with Gasteiger partial charge in [-0.25, -0.2) is 0 Å². The van der Waals surface area contributed by atoms with Crippen molar-refractivity contribution in [1.29, 1.82) is 0 Å². The standard InChI is InChI=1S/C19H28N4O2/c1-14(20)16-4-2-10-22(12-16)19(25)17-5-3-11-23(13-17)18(24)15-6-8-21-9-7-15/h6-9,14,16-17H,2-5,10-13,20H2,1H3. The minimum absolute atomic E-state index is 0.00741. The average Bonchev–Trinajstić information content (AvgIpc) is 2.67. The van der Waals surface area contributed by atoms with Crippen molar-refractivity contribution < 1.29 is 9.59 Å². The molecule has 0 spiro atoms. The zero-order chi connectivity index (χ0) is 17.8. The lowest BCUT2D eigenvalue weighted by Gasteiger charge is -2.39. The van der Waals surface area contributed by atoms with Crippen molar-refractivity contribution in [2.45, 2.75) is 38.6 Å². The lowest BCUT2D eigenvalue weighted by atomic mass is 9.90. The SMILES string of the molecule is CC(N)C1CCCN(C(=O)C2CCCN(C(=O)c3ccncc3)C2)C1. The molecule has 3 heterocycles. The molecule has 1 aromatic rings. The molecular weight excluding hydrogens is 316 g/mol. The summed E-state index contributed by atoms with van der Waals surface area (Å²) in [4.78, 5) is 33.4. The molecule has 136 valence electrons. The number of nitrogens with two attached hydrogens (primary N) is 1. The van der Waals surface area contributed by atoms with Crippen LogP contribution in [0.2, 0.25) is 0 Å². The van der Waals surface area contributed by atoms with E-state index in [2.05, 4.69) is 4.98 Å². The first kappa shape index (κ1) is 17.9. The number of likely N-dealkylation sites (tertiary alicyclic amines) is 2. The topological polar surface area (TPSA) is 79.5 Å². The van der Waals surface area contributed by atoms with Crippen LogP contribution in [0.15, 0.2) is 24.5 Å². The molecular formula is C19H28N4O2. The van der Waals surface area contributed by atoms with E-state index in [9.17, 15) is 9.59 Å². The summed E-state index contributed by atoms with van der Waals surface area (Å²) < 4.78 is 0. The maximum absolute atomic E-state index is 13.0. The minimum Gasteiger partial charge on any atom is -0.342 e. The van der Waals surface area contributed by atoms with Crippen LogP contribution < -0.4 is 5.73 Å². The highest BCUT2D eigenvalue weighted by atomic mass is 16.2. The molecule has 2 amide bonds. The van der Waals surface area contributed by atoms with Crippen molar-refractivity contribution in [3.63, 3.8) is 0 Å². The Balaban J connectivity index is 1.63. The summed E-state index contributed by atoms with van der Waals surface area (Å²) in [5.74, 6) is 0.479. The van der Waals surface area contributed by atoms with E-state index in [-0.39, 0.29) is 23.8 Å². The summed E-state index contributed by atoms with van der Waals surface area (Å²) >= 11 is 0. The third-order valence-corrected chi connectivity index (χ3v) is 5.50. The molecule has 3 rings (SSSR count). The highest BCUT2D eigenvalue weighted by Gasteiger charge is 2.34. The minimum atomic E-state index is -0.0913. The van der Waals surface area contributed by atoms with Crippen LogP contribution in [0, 0.1) is 11.8 Å². The molecule has 2 saturated heterocycles. The van der Waals surface area contributed by atoms with E-state index in [1.54, 1.807) is 24.5 Å². The van der Waals surface area contributed by atoms with Crippen LogP contribution in [0.4, 0.5) is 0 Å². The van der Waals surface area contributed by atoms with Gasteiger partial charge in [-0.2, -0.15) is 0 Å². The van der Waals surface area contributed by atoms with Crippen molar-refractivity contribution in [3.8, 4) is 0 Å². The normalized spacial score (nSPS) is 25.5. The van der Waals surface area contributed by atoms with Gasteiger partial charge in [-0.3, -0.25) is 14.6 Å². The van der Waals surface area contributed by atoms with Gasteiger partial charge in [0.2, 0.25) is 5.91 Å². The van der Waals surface area contributed by atoms with Crippen molar-refractivity contribution in [1.82, 2.24) is 14.8 Å². The maximum Gasteiger partial charge on any atom is 0.253 e. The predicted octanol–water partition coefficient (Wildman–Crippen LogP) is 1.52. The molecule has 3 unspecified atom stereocenters. The van der Waals surface area contributed by atoms with E-state index in [4.69, 9.17) is 5.73 Å². The van der Waals surface area contributed by atoms with Crippen molar-refractivity contribution in [3.05, 3.63) is 30.1 Å². The summed E-state index contributed by atoms with van der Waals surface area (Å²) in [6.07, 6.45) is 7.10. The van der Waals surface area contributed by atoms with Crippen molar-refractivity contribution in [2.75, 3.05) is 26.2 Å². The van der Waals surface area contributed by atoms with E-state index in [0.717, 1.165) is 38.8 Å². The Morgan fingerprint density at radius 2 is 1.80 bits per heavy atom. The van der Waals surface area contributed by atoms with Gasteiger partial charge in [-0.1, -0.05) is 0 Å². The fourth-order valence-corrected chi connectivity index (χ4v) is 3.94. The van der Waals surface area contributed by atoms with E-state index < -0.39 is 0 Å². The molecule has 0 aromatic carbocycles. The van der Waals surface area contributed by atoms with Crippen molar-refractivity contribution >= 4 is 11.8 Å². The number of piperidine rings is 2. The van der Waals surface area contributed by atoms with Crippen LogP contribution in [0.25, 0.3) is 0 Å². The molecule has 0 radical (unpaired) electrons. The number of nitrogens with zero attached hydrogens (tertiary/aromatic N) is 3. The van der Waals surface area contributed by atoms with Crippen LogP contribution in [0.3, 0.4) is 0 Å². The number of pyridine rings is 1. The third kappa shape index (κ3) is 4.18. The Labute approximate surface area is 149 Å². The second kappa shape index (κ2) is 7.95. The predicted molar refractivity (Wildman–Crippen MR) is 95.8 cm³/mol. The fourth-order valence-electron chi connectivity index (χ4n) is 3.94. The fraction of sp³-hybridized carbons (Fsp3) is 0.632. The Morgan fingerprint density at radius 3 is 2.52 bits per heavy atom. The molecule has 0 aliphatic carbocycles. The monoisotopic (exact) mass is 344 g/mol. The highest BCUT2D eigenvalue weighted by Crippen LogP contribution is 2.25. The number of hydrogen-bond donors (Lipinski definition) is 1. The Bertz CT molecular complexity index is 605. The number of hydrogen-bond acceptors (Lipinski definition) is 4. The zero-order valence-corrected chi connectivity index (χ0v) is 14.9. The number of aromatic nitrogens is 1. The van der Waals surface area contributed by atoms with Crippen LogP contribution in [-0.2, 0) is 4.79 Å². The number of rotatable bonds is 3. The van der Waals surface area contributed by atoms with Gasteiger partial charge in [-0.15, -0.1) is 0 Å². The quantitative estimate of drug-likeness (QED) is 0.901. The third-order valence-electron chi connectivity index (χ3n) is 5.50. The Hall–Kier alpha value is -1.95. The summed E-state index contributed by atoms with van der Waals surface area (Å²) in [5, 5.41) is 0. The van der Waals surface area contributed by atoms with Crippen LogP contribution in [0.1, 0.15) is 43.0 Å². The van der Waals surface area contributed by atoms with E-state index in [1.165, 1.54) is 0 Å². The van der Waals surface area contributed by atoms with E-state index in [0.29, 0.717) is 24.6 Å². The molecule has 6 heteroatoms. The van der Waals surface area contributed by atoms with Crippen LogP contribution in [0.5, 0.6) is 0 Å². The lowest BCUT2D eigenvalue weighted by Crippen LogP contribution is -2.50. The summed E-state index contributed by atoms with van der Waals surface area (Å²) in [5.41, 5.74) is 6.68. The first-order valence-corrected chi connectivity index (χ1v) is 9.30. The second-order valence-corrected chi connectivity index (χ2v) is 7.37. The van der Waals surface area contributed by atoms with Crippen LogP contribution in [-0.4, -0.2) is 58.8 Å². The molecule has 0 bridgehead atoms. The first-order chi connectivity index (χ1) is 12.1. The molecule has 2 aliphatic rings. The lowest BCUT2D eigenvalue weighted by molar-refractivity contribution is -0.138. The molecule has 2 aliphatic heterocycles. The van der Waals surface area contributed by atoms with Crippen molar-refractivity contribution in [2.24, 2.45) is 17.6 Å². The van der Waals surface area contributed by atoms with Gasteiger partial charge in [0.05, 0.1) is 5.92 Å². The van der Waals surface area contributed by atoms with Gasteiger partial charge in [0, 0.05) is 50.2 Å². The maximum atomic E-state index is 13.0. The number of amides is 2. The molecule has 2 N–H and O–H groups in total. The molecule has 2 fully saturated rings. The summed E-state index contributed by atoms with van der Waals surface area (Å²) in [6.45, 7) is 4.82. The average molecular weight is 344 g/mol. The van der Waals surface area contributed by atoms with E-state index in [1.807, 2.05) is 16.7 Å². The largest absolute Gasteiger partial charge is 0.342 e. The summed E-state index contributed by atoms with van der Waals surface area (Å²) in [6, 6.07) is 3.57. The van der Waals surface area contributed by atoms with Gasteiger partial charge in [0.15, 0.2) is 0 Å². The van der Waals surface area contributed by atoms with Gasteiger partial charge < -0.3 is 15.5 Å². The highest BCUT2D eigenvalue weighted by molar-refractivity contribution is 5.94. The number of carbonyl (C=O) groups excluding carboxylic acids is 2. The van der Waals surface area contributed by atoms with Gasteiger partial charge in [0.1, 0.15) is 0 Å². The molecule has 3 atom stereocenters. The molecule has 0 saturated carbocycles. The van der Waals surface area contributed by atoms with E-state index >= 15 is 0 Å². The zero-order valence-electron chi connectivity index (χ0n) is 14.9. The number of carbonyl (C=O) groups is 2. The van der Waals surface area contributed by atoms with Gasteiger partial charge in [0.25, 0.3) is 5.91 Å². The van der Waals surface area contributed by atoms with Crippen LogP contribution >= 0.6 is 0 Å². The molecule has 25 heavy (non-hydrogen) atoms. The smallest absolute Gasteiger partial charge is 0.253 e. The Morgan fingerprint density at radius 1 is 1.12 bits per heavy atom. The van der Waals surface area contributed by atoms with Gasteiger partial charge >= 0.3 is 0 Å².